The molecule has 0 saturated heterocycles. The number of aliphatic hydroxyl groups is 1. The van der Waals surface area contributed by atoms with E-state index in [1.54, 1.807) is 20.0 Å². The normalized spacial score (nSPS) is 12.4. The van der Waals surface area contributed by atoms with Gasteiger partial charge in [0.1, 0.15) is 17.3 Å². The number of hydrogen-bond acceptors (Lipinski definition) is 7. The van der Waals surface area contributed by atoms with Gasteiger partial charge in [-0.1, -0.05) is 23.8 Å². The topological polar surface area (TPSA) is 113 Å². The van der Waals surface area contributed by atoms with Gasteiger partial charge in [-0.15, -0.1) is 13.2 Å². The number of fused-ring (bicyclic) bond motifs is 1. The number of nitrogens with zero attached hydrogens (tertiary/aromatic N) is 5. The third kappa shape index (κ3) is 7.13. The molecule has 0 aliphatic rings. The van der Waals surface area contributed by atoms with Crippen LogP contribution in [0.2, 0.25) is 0 Å². The van der Waals surface area contributed by atoms with Gasteiger partial charge in [0.25, 0.3) is 5.56 Å². The first-order valence-electron chi connectivity index (χ1n) is 12.7. The van der Waals surface area contributed by atoms with Crippen molar-refractivity contribution in [1.29, 1.82) is 0 Å². The number of alkyl halides is 3. The summed E-state index contributed by atoms with van der Waals surface area (Å²) in [6, 6.07) is 9.96. The van der Waals surface area contributed by atoms with Gasteiger partial charge in [-0.25, -0.2) is 9.18 Å². The lowest BCUT2D eigenvalue weighted by molar-refractivity contribution is -0.274. The zero-order chi connectivity index (χ0) is 30.4. The monoisotopic (exact) mass is 589 g/mol. The Morgan fingerprint density at radius 1 is 1.07 bits per heavy atom. The van der Waals surface area contributed by atoms with E-state index in [-0.39, 0.29) is 55.6 Å². The molecule has 0 amide bonds. The van der Waals surface area contributed by atoms with Crippen LogP contribution in [0.1, 0.15) is 18.9 Å². The molecule has 2 aromatic carbocycles. The Morgan fingerprint density at radius 2 is 1.79 bits per heavy atom. The van der Waals surface area contributed by atoms with Crippen molar-refractivity contribution in [1.82, 2.24) is 18.7 Å². The molecule has 0 aliphatic heterocycles. The summed E-state index contributed by atoms with van der Waals surface area (Å²) in [5.41, 5.74) is -0.221. The molecule has 14 heteroatoms. The Hall–Kier alpha value is -4.72. The highest BCUT2D eigenvalue weighted by atomic mass is 19.4. The third-order valence-electron chi connectivity index (χ3n) is 6.04. The number of rotatable bonds is 11. The fourth-order valence-electron chi connectivity index (χ4n) is 4.18. The molecule has 42 heavy (non-hydrogen) atoms. The Bertz CT molecular complexity index is 1740. The number of ether oxygens (including phenoxy) is 2. The average molecular weight is 590 g/mol. The predicted molar refractivity (Wildman–Crippen MR) is 147 cm³/mol. The number of halogens is 4. The van der Waals surface area contributed by atoms with E-state index < -0.39 is 29.2 Å². The Morgan fingerprint density at radius 3 is 2.45 bits per heavy atom. The van der Waals surface area contributed by atoms with Crippen molar-refractivity contribution in [3.8, 4) is 17.5 Å². The molecule has 222 valence electrons. The summed E-state index contributed by atoms with van der Waals surface area (Å²) in [6.07, 6.45) is -1.59. The number of aromatic nitrogens is 4. The molecule has 10 nitrogen and oxygen atoms in total. The van der Waals surface area contributed by atoms with Gasteiger partial charge in [-0.2, -0.15) is 4.98 Å². The highest BCUT2D eigenvalue weighted by molar-refractivity contribution is 5.73. The maximum absolute atomic E-state index is 13.7. The lowest BCUT2D eigenvalue weighted by Crippen LogP contribution is -2.41. The first kappa shape index (κ1) is 30.2. The Balaban J connectivity index is 1.95. The highest BCUT2D eigenvalue weighted by Gasteiger charge is 2.31. The van der Waals surface area contributed by atoms with Crippen LogP contribution in [0.25, 0.3) is 11.2 Å². The molecular weight excluding hydrogens is 562 g/mol. The number of aliphatic hydroxyl groups excluding tert-OH is 1. The molecule has 0 atom stereocenters. The van der Waals surface area contributed by atoms with Crippen molar-refractivity contribution in [2.45, 2.75) is 39.3 Å². The third-order valence-corrected chi connectivity index (χ3v) is 6.04. The summed E-state index contributed by atoms with van der Waals surface area (Å²) in [6.45, 7) is 1.36. The van der Waals surface area contributed by atoms with Crippen LogP contribution in [0.3, 0.4) is 0 Å². The molecule has 4 rings (SSSR count). The van der Waals surface area contributed by atoms with Crippen LogP contribution in [-0.2, 0) is 19.6 Å². The van der Waals surface area contributed by atoms with Crippen LogP contribution < -0.4 is 20.7 Å². The number of aliphatic imine (C=N–C) groups is 1. The number of benzene rings is 2. The lowest BCUT2D eigenvalue weighted by Gasteiger charge is -2.13. The van der Waals surface area contributed by atoms with E-state index in [1.165, 1.54) is 51.7 Å². The molecule has 0 spiro atoms. The summed E-state index contributed by atoms with van der Waals surface area (Å²) in [7, 11) is 1.58. The van der Waals surface area contributed by atoms with Gasteiger partial charge < -0.3 is 14.6 Å². The maximum atomic E-state index is 13.7. The van der Waals surface area contributed by atoms with E-state index in [0.717, 1.165) is 16.7 Å². The smallest absolute Gasteiger partial charge is 0.425 e. The van der Waals surface area contributed by atoms with Crippen molar-refractivity contribution in [3.63, 3.8) is 0 Å². The first-order chi connectivity index (χ1) is 20.0. The van der Waals surface area contributed by atoms with E-state index in [4.69, 9.17) is 4.74 Å². The van der Waals surface area contributed by atoms with Crippen LogP contribution in [0, 0.1) is 5.82 Å². The minimum Gasteiger partial charge on any atom is -0.425 e. The summed E-state index contributed by atoms with van der Waals surface area (Å²) < 4.78 is 65.5. The highest BCUT2D eigenvalue weighted by Crippen LogP contribution is 2.30. The van der Waals surface area contributed by atoms with E-state index in [2.05, 4.69) is 14.7 Å². The van der Waals surface area contributed by atoms with Crippen molar-refractivity contribution < 1.29 is 32.1 Å². The largest absolute Gasteiger partial charge is 0.573 e. The second kappa shape index (κ2) is 12.9. The van der Waals surface area contributed by atoms with E-state index in [0.29, 0.717) is 11.1 Å². The maximum Gasteiger partial charge on any atom is 0.573 e. The Kier molecular flexibility index (Phi) is 9.25. The van der Waals surface area contributed by atoms with Crippen LogP contribution in [0.5, 0.6) is 17.5 Å². The van der Waals surface area contributed by atoms with E-state index in [1.807, 2.05) is 0 Å². The average Bonchev–Trinajstić information content (AvgIpc) is 3.27. The minimum atomic E-state index is -4.93. The quantitative estimate of drug-likeness (QED) is 0.207. The van der Waals surface area contributed by atoms with Gasteiger partial charge >= 0.3 is 18.1 Å². The summed E-state index contributed by atoms with van der Waals surface area (Å²) in [4.78, 5) is 35.6. The van der Waals surface area contributed by atoms with Crippen LogP contribution >= 0.6 is 0 Å². The van der Waals surface area contributed by atoms with Crippen molar-refractivity contribution >= 4 is 17.4 Å². The molecular formula is C28H27F4N5O5. The Labute approximate surface area is 236 Å². The predicted octanol–water partition coefficient (Wildman–Crippen LogP) is 4.27. The molecule has 0 fully saturated rings. The van der Waals surface area contributed by atoms with Crippen LogP contribution in [-0.4, -0.2) is 50.0 Å². The van der Waals surface area contributed by atoms with Gasteiger partial charge in [0.2, 0.25) is 0 Å². The molecule has 1 N–H and O–H groups in total. The fourth-order valence-corrected chi connectivity index (χ4v) is 4.18. The van der Waals surface area contributed by atoms with Gasteiger partial charge in [0, 0.05) is 32.5 Å². The SMILES string of the molecule is CN=C/C=C(\C)Cn1c(=O)n(CCCO)c(=O)c2c1nc(Oc1cccc(OC(F)(F)F)c1)n2Cc1ccc(F)cc1. The number of hydrogen-bond donors (Lipinski definition) is 1. The fraction of sp³-hybridized carbons (Fsp3) is 0.286. The second-order valence-electron chi connectivity index (χ2n) is 9.23. The molecule has 0 bridgehead atoms. The summed E-state index contributed by atoms with van der Waals surface area (Å²) >= 11 is 0. The van der Waals surface area contributed by atoms with E-state index >= 15 is 0 Å². The van der Waals surface area contributed by atoms with Gasteiger partial charge in [0.15, 0.2) is 11.2 Å². The number of imidazole rings is 1. The van der Waals surface area contributed by atoms with Gasteiger partial charge in [-0.05, 0) is 49.2 Å². The molecule has 0 unspecified atom stereocenters. The van der Waals surface area contributed by atoms with Crippen molar-refractivity contribution in [2.24, 2.45) is 4.99 Å². The summed E-state index contributed by atoms with van der Waals surface area (Å²) in [5.74, 6) is -1.11. The molecule has 0 saturated carbocycles. The zero-order valence-electron chi connectivity index (χ0n) is 22.6. The molecule has 0 radical (unpaired) electrons. The molecule has 4 aromatic rings. The van der Waals surface area contributed by atoms with Gasteiger partial charge in [0.05, 0.1) is 13.1 Å². The standard InChI is InChI=1S/C28H27F4N5O5/c1-18(11-12-33-2)16-37-24-23(25(39)35(27(37)40)13-4-14-38)36(17-19-7-9-20(29)10-8-19)26(34-24)41-21-5-3-6-22(15-21)42-28(30,31)32/h3,5-12,15,38H,4,13-14,16-17H2,1-2H3/b18-11+,33-12?. The van der Waals surface area contributed by atoms with E-state index in [9.17, 15) is 32.3 Å². The van der Waals surface area contributed by atoms with Crippen LogP contribution in [0.4, 0.5) is 17.6 Å². The molecule has 2 aromatic heterocycles. The number of allylic oxidation sites excluding steroid dienone is 2. The minimum absolute atomic E-state index is 0.0165. The van der Waals surface area contributed by atoms with Crippen LogP contribution in [0.15, 0.2) is 74.8 Å². The molecule has 2 heterocycles. The lowest BCUT2D eigenvalue weighted by atomic mass is 10.2. The summed E-state index contributed by atoms with van der Waals surface area (Å²) in [5, 5.41) is 9.37. The van der Waals surface area contributed by atoms with Gasteiger partial charge in [-0.3, -0.25) is 23.5 Å². The molecule has 0 aliphatic carbocycles. The van der Waals surface area contributed by atoms with Crippen molar-refractivity contribution in [3.05, 3.63) is 92.4 Å². The first-order valence-corrected chi connectivity index (χ1v) is 12.7. The second-order valence-corrected chi connectivity index (χ2v) is 9.23. The van der Waals surface area contributed by atoms with Crippen molar-refractivity contribution in [2.75, 3.05) is 13.7 Å². The zero-order valence-corrected chi connectivity index (χ0v) is 22.6.